The van der Waals surface area contributed by atoms with Gasteiger partial charge in [0.1, 0.15) is 0 Å². The highest BCUT2D eigenvalue weighted by atomic mass is 16.5. The molecule has 6 heteroatoms. The lowest BCUT2D eigenvalue weighted by Gasteiger charge is -2.29. The Kier molecular flexibility index (Phi) is 5.16. The van der Waals surface area contributed by atoms with Crippen LogP contribution in [0.1, 0.15) is 30.6 Å². The van der Waals surface area contributed by atoms with Crippen molar-refractivity contribution in [3.05, 3.63) is 72.1 Å². The summed E-state index contributed by atoms with van der Waals surface area (Å²) in [6.45, 7) is 2.64. The second-order valence-electron chi connectivity index (χ2n) is 6.98. The van der Waals surface area contributed by atoms with E-state index < -0.39 is 0 Å². The average Bonchev–Trinajstić information content (AvgIpc) is 3.18. The van der Waals surface area contributed by atoms with Gasteiger partial charge >= 0.3 is 6.03 Å². The van der Waals surface area contributed by atoms with Crippen LogP contribution in [0.5, 0.6) is 11.5 Å². The van der Waals surface area contributed by atoms with E-state index in [1.165, 1.54) is 0 Å². The summed E-state index contributed by atoms with van der Waals surface area (Å²) < 4.78 is 12.8. The predicted molar refractivity (Wildman–Crippen MR) is 113 cm³/mol. The lowest BCUT2D eigenvalue weighted by atomic mass is 10.1. The van der Waals surface area contributed by atoms with E-state index in [0.29, 0.717) is 23.7 Å². The van der Waals surface area contributed by atoms with Gasteiger partial charge in [-0.2, -0.15) is 0 Å². The third-order valence-electron chi connectivity index (χ3n) is 5.37. The molecule has 2 aromatic carbocycles. The number of nitrogens with one attached hydrogen (secondary N) is 1. The quantitative estimate of drug-likeness (QED) is 0.681. The molecule has 0 bridgehead atoms. The number of amides is 2. The van der Waals surface area contributed by atoms with Gasteiger partial charge in [-0.25, -0.2) is 4.79 Å². The van der Waals surface area contributed by atoms with Gasteiger partial charge in [0.2, 0.25) is 0 Å². The van der Waals surface area contributed by atoms with E-state index in [4.69, 9.17) is 9.47 Å². The van der Waals surface area contributed by atoms with Gasteiger partial charge in [0.05, 0.1) is 32.5 Å². The smallest absolute Gasteiger partial charge is 0.322 e. The van der Waals surface area contributed by atoms with Crippen LogP contribution in [0, 0.1) is 0 Å². The number of benzene rings is 2. The van der Waals surface area contributed by atoms with E-state index in [1.54, 1.807) is 26.4 Å². The van der Waals surface area contributed by atoms with Crippen molar-refractivity contribution in [1.29, 1.82) is 0 Å². The molecule has 1 aromatic heterocycles. The molecule has 0 fully saturated rings. The summed E-state index contributed by atoms with van der Waals surface area (Å²) in [6.07, 6.45) is 2.88. The summed E-state index contributed by atoms with van der Waals surface area (Å²) in [6, 6.07) is 17.5. The van der Waals surface area contributed by atoms with Crippen LogP contribution in [0.2, 0.25) is 0 Å². The molecule has 150 valence electrons. The van der Waals surface area contributed by atoms with Crippen molar-refractivity contribution in [3.63, 3.8) is 0 Å². The number of para-hydroxylation sites is 1. The van der Waals surface area contributed by atoms with Crippen molar-refractivity contribution in [2.75, 3.05) is 19.5 Å². The Hall–Kier alpha value is -3.41. The van der Waals surface area contributed by atoms with Crippen molar-refractivity contribution >= 4 is 11.7 Å². The topological polar surface area (TPSA) is 55.7 Å². The SMILES string of the molecule is CCC1c2cccn2-c2ccccc2CN1C(=O)Nc1ccc(OC)c(OC)c1. The predicted octanol–water partition coefficient (Wildman–Crippen LogP) is 4.99. The van der Waals surface area contributed by atoms with E-state index in [1.807, 2.05) is 29.2 Å². The lowest BCUT2D eigenvalue weighted by Crippen LogP contribution is -2.37. The van der Waals surface area contributed by atoms with Gasteiger partial charge in [-0.1, -0.05) is 25.1 Å². The summed E-state index contributed by atoms with van der Waals surface area (Å²) in [4.78, 5) is 15.2. The maximum Gasteiger partial charge on any atom is 0.322 e. The number of carbonyl (C=O) groups excluding carboxylic acids is 1. The Morgan fingerprint density at radius 1 is 1.07 bits per heavy atom. The Morgan fingerprint density at radius 3 is 2.62 bits per heavy atom. The van der Waals surface area contributed by atoms with Gasteiger partial charge < -0.3 is 24.3 Å². The molecule has 1 aliphatic heterocycles. The summed E-state index contributed by atoms with van der Waals surface area (Å²) in [5.74, 6) is 1.20. The number of hydrogen-bond donors (Lipinski definition) is 1. The Bertz CT molecular complexity index is 1030. The van der Waals surface area contributed by atoms with E-state index in [2.05, 4.69) is 41.2 Å². The minimum Gasteiger partial charge on any atom is -0.493 e. The number of nitrogens with zero attached hydrogens (tertiary/aromatic N) is 2. The number of carbonyl (C=O) groups is 1. The first-order valence-electron chi connectivity index (χ1n) is 9.71. The molecular weight excluding hydrogens is 366 g/mol. The second kappa shape index (κ2) is 7.91. The van der Waals surface area contributed by atoms with Crippen LogP contribution in [0.3, 0.4) is 0 Å². The number of methoxy groups -OCH3 is 2. The van der Waals surface area contributed by atoms with Crippen LogP contribution in [-0.4, -0.2) is 29.7 Å². The molecule has 1 aliphatic rings. The van der Waals surface area contributed by atoms with Crippen molar-refractivity contribution in [2.45, 2.75) is 25.9 Å². The molecule has 0 saturated carbocycles. The fraction of sp³-hybridized carbons (Fsp3) is 0.261. The number of anilines is 1. The number of ether oxygens (including phenoxy) is 2. The molecule has 4 rings (SSSR count). The second-order valence-corrected chi connectivity index (χ2v) is 6.98. The van der Waals surface area contributed by atoms with Crippen molar-refractivity contribution in [1.82, 2.24) is 9.47 Å². The number of aromatic nitrogens is 1. The number of hydrogen-bond acceptors (Lipinski definition) is 3. The fourth-order valence-corrected chi connectivity index (χ4v) is 3.97. The Morgan fingerprint density at radius 2 is 1.86 bits per heavy atom. The zero-order chi connectivity index (χ0) is 20.4. The van der Waals surface area contributed by atoms with E-state index in [0.717, 1.165) is 23.4 Å². The van der Waals surface area contributed by atoms with Crippen LogP contribution >= 0.6 is 0 Å². The zero-order valence-electron chi connectivity index (χ0n) is 16.9. The molecule has 1 N–H and O–H groups in total. The molecule has 2 heterocycles. The van der Waals surface area contributed by atoms with Crippen LogP contribution in [0.25, 0.3) is 5.69 Å². The molecule has 0 spiro atoms. The third kappa shape index (κ3) is 3.42. The van der Waals surface area contributed by atoms with E-state index >= 15 is 0 Å². The molecule has 2 amide bonds. The van der Waals surface area contributed by atoms with E-state index in [-0.39, 0.29) is 12.1 Å². The summed E-state index contributed by atoms with van der Waals surface area (Å²) in [5.41, 5.74) is 4.01. The van der Waals surface area contributed by atoms with Gasteiger partial charge in [0, 0.05) is 23.6 Å². The van der Waals surface area contributed by atoms with Crippen molar-refractivity contribution < 1.29 is 14.3 Å². The van der Waals surface area contributed by atoms with E-state index in [9.17, 15) is 4.79 Å². The minimum absolute atomic E-state index is 0.0301. The zero-order valence-corrected chi connectivity index (χ0v) is 16.9. The summed E-state index contributed by atoms with van der Waals surface area (Å²) in [5, 5.41) is 3.03. The van der Waals surface area contributed by atoms with Gasteiger partial charge in [0.25, 0.3) is 0 Å². The van der Waals surface area contributed by atoms with Gasteiger partial charge in [0.15, 0.2) is 11.5 Å². The molecule has 0 aliphatic carbocycles. The Labute approximate surface area is 170 Å². The first-order valence-corrected chi connectivity index (χ1v) is 9.71. The summed E-state index contributed by atoms with van der Waals surface area (Å²) >= 11 is 0. The molecule has 1 unspecified atom stereocenters. The Balaban J connectivity index is 1.68. The third-order valence-corrected chi connectivity index (χ3v) is 5.37. The first kappa shape index (κ1) is 18.9. The fourth-order valence-electron chi connectivity index (χ4n) is 3.97. The summed E-state index contributed by atoms with van der Waals surface area (Å²) in [7, 11) is 3.17. The van der Waals surface area contributed by atoms with Crippen molar-refractivity contribution in [3.8, 4) is 17.2 Å². The lowest BCUT2D eigenvalue weighted by molar-refractivity contribution is 0.181. The maximum atomic E-state index is 13.3. The normalized spacial score (nSPS) is 15.1. The number of fused-ring (bicyclic) bond motifs is 3. The van der Waals surface area contributed by atoms with Crippen LogP contribution in [0.4, 0.5) is 10.5 Å². The molecule has 0 radical (unpaired) electrons. The van der Waals surface area contributed by atoms with Crippen molar-refractivity contribution in [2.24, 2.45) is 0 Å². The maximum absolute atomic E-state index is 13.3. The van der Waals surface area contributed by atoms with Gasteiger partial charge in [-0.15, -0.1) is 0 Å². The molecule has 6 nitrogen and oxygen atoms in total. The largest absolute Gasteiger partial charge is 0.493 e. The highest BCUT2D eigenvalue weighted by Gasteiger charge is 2.30. The van der Waals surface area contributed by atoms with Crippen LogP contribution < -0.4 is 14.8 Å². The minimum atomic E-state index is -0.145. The average molecular weight is 391 g/mol. The van der Waals surface area contributed by atoms with Crippen LogP contribution in [-0.2, 0) is 6.54 Å². The highest BCUT2D eigenvalue weighted by molar-refractivity contribution is 5.90. The molecule has 3 aromatic rings. The van der Waals surface area contributed by atoms with Crippen LogP contribution in [0.15, 0.2) is 60.8 Å². The van der Waals surface area contributed by atoms with Gasteiger partial charge in [-0.3, -0.25) is 0 Å². The monoisotopic (exact) mass is 391 g/mol. The molecular formula is C23H25N3O3. The standard InChI is InChI=1S/C23H25N3O3/c1-4-18-20-10-7-13-25(20)19-9-6-5-8-16(19)15-26(18)23(27)24-17-11-12-21(28-2)22(14-17)29-3/h5-14,18H,4,15H2,1-3H3,(H,24,27). The number of rotatable bonds is 4. The highest BCUT2D eigenvalue weighted by Crippen LogP contribution is 2.35. The first-order chi connectivity index (χ1) is 14.2. The molecule has 1 atom stereocenters. The van der Waals surface area contributed by atoms with Gasteiger partial charge in [-0.05, 0) is 42.3 Å². The number of urea groups is 1. The molecule has 0 saturated heterocycles. The molecule has 29 heavy (non-hydrogen) atoms.